The van der Waals surface area contributed by atoms with Gasteiger partial charge < -0.3 is 19.8 Å². The zero-order valence-corrected chi connectivity index (χ0v) is 14.8. The van der Waals surface area contributed by atoms with Crippen LogP contribution in [0.5, 0.6) is 11.5 Å². The second-order valence-electron chi connectivity index (χ2n) is 5.77. The fourth-order valence-electron chi connectivity index (χ4n) is 2.45. The molecular weight excluding hydrogens is 326 g/mol. The van der Waals surface area contributed by atoms with Crippen molar-refractivity contribution < 1.29 is 14.3 Å². The number of amides is 1. The highest BCUT2D eigenvalue weighted by Crippen LogP contribution is 2.29. The molecule has 0 unspecified atom stereocenters. The second-order valence-corrected chi connectivity index (χ2v) is 5.77. The molecule has 25 heavy (non-hydrogen) atoms. The fraction of sp³-hybridized carbons (Fsp3) is 0.471. The van der Waals surface area contributed by atoms with Crippen molar-refractivity contribution in [3.63, 3.8) is 0 Å². The number of fused-ring (bicyclic) bond motifs is 1. The average molecular weight is 349 g/mol. The summed E-state index contributed by atoms with van der Waals surface area (Å²) >= 11 is 0. The van der Waals surface area contributed by atoms with E-state index >= 15 is 0 Å². The lowest BCUT2D eigenvalue weighted by Gasteiger charge is -2.12. The van der Waals surface area contributed by atoms with E-state index in [1.54, 1.807) is 0 Å². The Labute approximate surface area is 144 Å². The minimum absolute atomic E-state index is 0.000713. The van der Waals surface area contributed by atoms with Gasteiger partial charge in [-0.05, 0) is 19.4 Å². The third-order valence-corrected chi connectivity index (χ3v) is 4.07. The molecule has 0 saturated heterocycles. The van der Waals surface area contributed by atoms with Crippen LogP contribution in [0.1, 0.15) is 26.7 Å². The van der Waals surface area contributed by atoms with E-state index < -0.39 is 11.2 Å². The first-order valence-electron chi connectivity index (χ1n) is 8.09. The van der Waals surface area contributed by atoms with Gasteiger partial charge in [-0.2, -0.15) is 0 Å². The molecule has 8 heteroatoms. The number of aromatic nitrogens is 2. The summed E-state index contributed by atoms with van der Waals surface area (Å²) in [4.78, 5) is 39.3. The van der Waals surface area contributed by atoms with Gasteiger partial charge in [0.05, 0.1) is 25.1 Å². The standard InChI is InChI=1S/C17H23N3O5/c1-5-10(2)18-15(21)6-7-20-16(22)11-8-13(24-3)14(25-4)9-12(11)19-17(20)23/h8-10H,5-7H2,1-4H3,(H,18,21)(H,19,23)/t10-/m1/s1. The van der Waals surface area contributed by atoms with Crippen molar-refractivity contribution in [2.75, 3.05) is 14.2 Å². The number of methoxy groups -OCH3 is 2. The molecule has 0 aliphatic carbocycles. The Balaban J connectivity index is 2.37. The monoisotopic (exact) mass is 349 g/mol. The summed E-state index contributed by atoms with van der Waals surface area (Å²) in [6, 6.07) is 3.11. The van der Waals surface area contributed by atoms with Crippen LogP contribution in [0.15, 0.2) is 21.7 Å². The van der Waals surface area contributed by atoms with Gasteiger partial charge in [-0.25, -0.2) is 4.79 Å². The lowest BCUT2D eigenvalue weighted by Crippen LogP contribution is -2.38. The van der Waals surface area contributed by atoms with Crippen molar-refractivity contribution in [1.29, 1.82) is 0 Å². The van der Waals surface area contributed by atoms with Gasteiger partial charge in [0.15, 0.2) is 11.5 Å². The molecule has 0 aliphatic heterocycles. The number of hydrogen-bond acceptors (Lipinski definition) is 5. The number of carbonyl (C=O) groups is 1. The van der Waals surface area contributed by atoms with E-state index in [4.69, 9.17) is 9.47 Å². The molecule has 1 heterocycles. The van der Waals surface area contributed by atoms with Crippen molar-refractivity contribution in [2.24, 2.45) is 0 Å². The molecule has 0 aliphatic rings. The minimum Gasteiger partial charge on any atom is -0.493 e. The van der Waals surface area contributed by atoms with Crippen molar-refractivity contribution in [2.45, 2.75) is 39.3 Å². The van der Waals surface area contributed by atoms with Crippen LogP contribution >= 0.6 is 0 Å². The van der Waals surface area contributed by atoms with Gasteiger partial charge >= 0.3 is 5.69 Å². The van der Waals surface area contributed by atoms with Crippen LogP contribution in [0, 0.1) is 0 Å². The smallest absolute Gasteiger partial charge is 0.328 e. The van der Waals surface area contributed by atoms with Crippen molar-refractivity contribution in [3.8, 4) is 11.5 Å². The second kappa shape index (κ2) is 7.87. The minimum atomic E-state index is -0.568. The Morgan fingerprint density at radius 3 is 2.48 bits per heavy atom. The lowest BCUT2D eigenvalue weighted by molar-refractivity contribution is -0.121. The van der Waals surface area contributed by atoms with Crippen LogP contribution in [0.25, 0.3) is 10.9 Å². The van der Waals surface area contributed by atoms with Crippen LogP contribution in [0.2, 0.25) is 0 Å². The van der Waals surface area contributed by atoms with E-state index in [1.807, 2.05) is 13.8 Å². The molecule has 1 aromatic heterocycles. The van der Waals surface area contributed by atoms with Crippen molar-refractivity contribution in [1.82, 2.24) is 14.9 Å². The number of aromatic amines is 1. The van der Waals surface area contributed by atoms with Crippen molar-refractivity contribution in [3.05, 3.63) is 33.0 Å². The molecule has 1 amide bonds. The molecule has 8 nitrogen and oxygen atoms in total. The highest BCUT2D eigenvalue weighted by molar-refractivity contribution is 5.81. The normalized spacial score (nSPS) is 12.0. The SMILES string of the molecule is CC[C@@H](C)NC(=O)CCn1c(=O)[nH]c2cc(OC)c(OC)cc2c1=O. The molecule has 2 N–H and O–H groups in total. The largest absolute Gasteiger partial charge is 0.493 e. The fourth-order valence-corrected chi connectivity index (χ4v) is 2.45. The van der Waals surface area contributed by atoms with E-state index in [0.29, 0.717) is 22.4 Å². The van der Waals surface area contributed by atoms with Gasteiger partial charge in [-0.1, -0.05) is 6.92 Å². The van der Waals surface area contributed by atoms with Crippen LogP contribution in [0.3, 0.4) is 0 Å². The van der Waals surface area contributed by atoms with E-state index in [2.05, 4.69) is 10.3 Å². The maximum atomic E-state index is 12.6. The highest BCUT2D eigenvalue weighted by atomic mass is 16.5. The van der Waals surface area contributed by atoms with E-state index in [9.17, 15) is 14.4 Å². The molecular formula is C17H23N3O5. The predicted molar refractivity (Wildman–Crippen MR) is 94.4 cm³/mol. The molecule has 136 valence electrons. The first kappa shape index (κ1) is 18.6. The summed E-state index contributed by atoms with van der Waals surface area (Å²) in [5.74, 6) is 0.601. The van der Waals surface area contributed by atoms with Crippen LogP contribution in [-0.2, 0) is 11.3 Å². The lowest BCUT2D eigenvalue weighted by atomic mass is 10.2. The number of ether oxygens (including phenoxy) is 2. The maximum Gasteiger partial charge on any atom is 0.328 e. The molecule has 2 rings (SSSR count). The third-order valence-electron chi connectivity index (χ3n) is 4.07. The number of hydrogen-bond donors (Lipinski definition) is 2. The van der Waals surface area contributed by atoms with Gasteiger partial charge in [-0.3, -0.25) is 14.2 Å². The van der Waals surface area contributed by atoms with Gasteiger partial charge in [0.25, 0.3) is 5.56 Å². The molecule has 0 spiro atoms. The summed E-state index contributed by atoms with van der Waals surface area (Å²) in [7, 11) is 2.94. The van der Waals surface area contributed by atoms with Crippen LogP contribution in [0.4, 0.5) is 0 Å². The van der Waals surface area contributed by atoms with E-state index in [1.165, 1.54) is 26.4 Å². The molecule has 0 saturated carbocycles. The Hall–Kier alpha value is -2.77. The van der Waals surface area contributed by atoms with Gasteiger partial charge in [-0.15, -0.1) is 0 Å². The Bertz CT molecular complexity index is 884. The first-order chi connectivity index (χ1) is 11.9. The molecule has 2 aromatic rings. The molecule has 1 atom stereocenters. The zero-order chi connectivity index (χ0) is 18.6. The quantitative estimate of drug-likeness (QED) is 0.777. The molecule has 1 aromatic carbocycles. The van der Waals surface area contributed by atoms with Crippen LogP contribution < -0.4 is 26.0 Å². The van der Waals surface area contributed by atoms with Gasteiger partial charge in [0, 0.05) is 25.1 Å². The first-order valence-corrected chi connectivity index (χ1v) is 8.09. The van der Waals surface area contributed by atoms with Crippen LogP contribution in [-0.4, -0.2) is 35.7 Å². The summed E-state index contributed by atoms with van der Waals surface area (Å²) in [5.41, 5.74) is -0.690. The van der Waals surface area contributed by atoms with Gasteiger partial charge in [0.1, 0.15) is 0 Å². The summed E-state index contributed by atoms with van der Waals surface area (Å²) in [6.07, 6.45) is 0.857. The number of nitrogens with zero attached hydrogens (tertiary/aromatic N) is 1. The molecule has 0 bridgehead atoms. The summed E-state index contributed by atoms with van der Waals surface area (Å²) in [6.45, 7) is 3.86. The topological polar surface area (TPSA) is 102 Å². The average Bonchev–Trinajstić information content (AvgIpc) is 2.60. The van der Waals surface area contributed by atoms with Gasteiger partial charge in [0.2, 0.25) is 5.91 Å². The summed E-state index contributed by atoms with van der Waals surface area (Å²) in [5, 5.41) is 3.10. The Kier molecular flexibility index (Phi) is 5.84. The zero-order valence-electron chi connectivity index (χ0n) is 14.8. The Morgan fingerprint density at radius 1 is 1.24 bits per heavy atom. The predicted octanol–water partition coefficient (Wildman–Crippen LogP) is 1.01. The number of H-pyrrole nitrogens is 1. The summed E-state index contributed by atoms with van der Waals surface area (Å²) < 4.78 is 11.4. The highest BCUT2D eigenvalue weighted by Gasteiger charge is 2.14. The number of benzene rings is 1. The number of nitrogens with one attached hydrogen (secondary N) is 2. The van der Waals surface area contributed by atoms with E-state index in [0.717, 1.165) is 11.0 Å². The molecule has 0 fully saturated rings. The van der Waals surface area contributed by atoms with E-state index in [-0.39, 0.29) is 24.9 Å². The van der Waals surface area contributed by atoms with Crippen molar-refractivity contribution >= 4 is 16.8 Å². The number of carbonyl (C=O) groups excluding carboxylic acids is 1. The number of rotatable bonds is 7. The third kappa shape index (κ3) is 4.01. The maximum absolute atomic E-state index is 12.6. The molecule has 0 radical (unpaired) electrons. The Morgan fingerprint density at radius 2 is 1.88 bits per heavy atom.